The molecule has 0 unspecified atom stereocenters. The molecule has 0 spiro atoms. The second-order valence-corrected chi connectivity index (χ2v) is 8.06. The van der Waals surface area contributed by atoms with E-state index in [1.807, 2.05) is 12.1 Å². The highest BCUT2D eigenvalue weighted by atomic mass is 32.2. The molecule has 0 fully saturated rings. The minimum atomic E-state index is -3.61. The van der Waals surface area contributed by atoms with Gasteiger partial charge in [-0.25, -0.2) is 0 Å². The molecule has 0 heterocycles. The lowest BCUT2D eigenvalue weighted by molar-refractivity contribution is 0.294. The average Bonchev–Trinajstić information content (AvgIpc) is 2.53. The predicted molar refractivity (Wildman–Crippen MR) is 91.4 cm³/mol. The zero-order chi connectivity index (χ0) is 17.5. The average molecular weight is 350 g/mol. The van der Waals surface area contributed by atoms with Gasteiger partial charge < -0.3 is 14.0 Å². The van der Waals surface area contributed by atoms with E-state index in [0.717, 1.165) is 23.1 Å². The zero-order valence-electron chi connectivity index (χ0n) is 14.1. The van der Waals surface area contributed by atoms with Crippen molar-refractivity contribution in [3.63, 3.8) is 0 Å². The lowest BCUT2D eigenvalue weighted by Crippen LogP contribution is -2.35. The number of benzene rings is 1. The molecular weight excluding hydrogens is 328 g/mol. The molecule has 2 aliphatic rings. The number of ether oxygens (including phenoxy) is 1. The van der Waals surface area contributed by atoms with Gasteiger partial charge in [0.15, 0.2) is 0 Å². The molecule has 1 aromatic rings. The minimum Gasteiger partial charge on any atom is -0.496 e. The quantitative estimate of drug-likeness (QED) is 0.845. The Morgan fingerprint density at radius 1 is 1.33 bits per heavy atom. The maximum absolute atomic E-state index is 11.5. The second-order valence-electron chi connectivity index (χ2n) is 6.49. The summed E-state index contributed by atoms with van der Waals surface area (Å²) in [6.45, 7) is 1.88. The first kappa shape index (κ1) is 17.0. The van der Waals surface area contributed by atoms with Gasteiger partial charge in [-0.3, -0.25) is 0 Å². The number of hydrogen-bond acceptors (Lipinski definition) is 5. The zero-order valence-corrected chi connectivity index (χ0v) is 14.9. The van der Waals surface area contributed by atoms with Gasteiger partial charge >= 0.3 is 10.1 Å². The van der Waals surface area contributed by atoms with Crippen LogP contribution in [0.25, 0.3) is 0 Å². The van der Waals surface area contributed by atoms with Crippen LogP contribution >= 0.6 is 0 Å². The molecule has 1 atom stereocenters. The highest BCUT2D eigenvalue weighted by molar-refractivity contribution is 7.86. The Morgan fingerprint density at radius 3 is 2.71 bits per heavy atom. The lowest BCUT2D eigenvalue weighted by atomic mass is 9.63. The van der Waals surface area contributed by atoms with Crippen LogP contribution in [0.1, 0.15) is 30.9 Å². The molecule has 130 valence electrons. The standard InChI is InChI=1S/C18H22O5S/c1-18-10-9-17(23-24(3,20)21)13(11-19)15(18)8-7-12-14(18)5-4-6-16(12)22-2/h4-6,8,19H,7,9-11H2,1-3H3/t18-/m1/s1. The first-order valence-corrected chi connectivity index (χ1v) is 9.71. The van der Waals surface area contributed by atoms with Crippen LogP contribution in [-0.2, 0) is 26.1 Å². The third-order valence-corrected chi connectivity index (χ3v) is 5.48. The van der Waals surface area contributed by atoms with Crippen LogP contribution in [0.15, 0.2) is 41.2 Å². The topological polar surface area (TPSA) is 72.8 Å². The van der Waals surface area contributed by atoms with Crippen molar-refractivity contribution in [2.75, 3.05) is 20.0 Å². The van der Waals surface area contributed by atoms with Crippen molar-refractivity contribution < 1.29 is 22.4 Å². The summed E-state index contributed by atoms with van der Waals surface area (Å²) in [4.78, 5) is 0. The Kier molecular flexibility index (Phi) is 4.21. The van der Waals surface area contributed by atoms with Crippen molar-refractivity contribution in [2.45, 2.75) is 31.6 Å². The largest absolute Gasteiger partial charge is 0.496 e. The molecule has 0 bridgehead atoms. The first-order chi connectivity index (χ1) is 11.3. The molecule has 5 nitrogen and oxygen atoms in total. The van der Waals surface area contributed by atoms with E-state index in [1.54, 1.807) is 7.11 Å². The Balaban J connectivity index is 2.13. The van der Waals surface area contributed by atoms with E-state index in [2.05, 4.69) is 19.1 Å². The monoisotopic (exact) mass is 350 g/mol. The lowest BCUT2D eigenvalue weighted by Gasteiger charge is -2.42. The van der Waals surface area contributed by atoms with E-state index in [-0.39, 0.29) is 12.0 Å². The molecule has 24 heavy (non-hydrogen) atoms. The third kappa shape index (κ3) is 2.74. The van der Waals surface area contributed by atoms with E-state index in [9.17, 15) is 13.5 Å². The van der Waals surface area contributed by atoms with Crippen molar-refractivity contribution in [1.82, 2.24) is 0 Å². The van der Waals surface area contributed by atoms with Gasteiger partial charge in [0.25, 0.3) is 0 Å². The Bertz CT molecular complexity index is 835. The summed E-state index contributed by atoms with van der Waals surface area (Å²) in [5.74, 6) is 1.21. The van der Waals surface area contributed by atoms with Crippen molar-refractivity contribution in [2.24, 2.45) is 0 Å². The van der Waals surface area contributed by atoms with E-state index in [1.165, 1.54) is 5.56 Å². The van der Waals surface area contributed by atoms with Crippen molar-refractivity contribution in [3.05, 3.63) is 52.3 Å². The van der Waals surface area contributed by atoms with Gasteiger partial charge in [-0.05, 0) is 30.0 Å². The number of hydrogen-bond donors (Lipinski definition) is 1. The van der Waals surface area contributed by atoms with E-state index >= 15 is 0 Å². The fourth-order valence-electron chi connectivity index (χ4n) is 3.90. The highest BCUT2D eigenvalue weighted by Crippen LogP contribution is 2.50. The normalized spacial score (nSPS) is 23.2. The van der Waals surface area contributed by atoms with Crippen molar-refractivity contribution in [1.29, 1.82) is 0 Å². The molecular formula is C18H22O5S. The molecule has 1 N–H and O–H groups in total. The van der Waals surface area contributed by atoms with Gasteiger partial charge in [0.1, 0.15) is 11.5 Å². The van der Waals surface area contributed by atoms with E-state index < -0.39 is 10.1 Å². The molecule has 0 radical (unpaired) electrons. The number of aliphatic hydroxyl groups excluding tert-OH is 1. The van der Waals surface area contributed by atoms with Gasteiger partial charge in [0.05, 0.1) is 20.0 Å². The second kappa shape index (κ2) is 5.93. The third-order valence-electron chi connectivity index (χ3n) is 4.98. The number of aliphatic hydroxyl groups is 1. The van der Waals surface area contributed by atoms with Crippen LogP contribution in [0.5, 0.6) is 5.75 Å². The summed E-state index contributed by atoms with van der Waals surface area (Å²) in [5.41, 5.74) is 3.57. The molecule has 0 aromatic heterocycles. The fourth-order valence-corrected chi connectivity index (χ4v) is 4.45. The molecule has 6 heteroatoms. The van der Waals surface area contributed by atoms with E-state index in [0.29, 0.717) is 30.6 Å². The SMILES string of the molecule is COc1cccc2c1CC=C1C(CO)=C(OS(C)(=O)=O)CC[C@@]12C. The van der Waals surface area contributed by atoms with E-state index in [4.69, 9.17) is 8.92 Å². The summed E-state index contributed by atoms with van der Waals surface area (Å²) in [6.07, 6.45) is 4.94. The van der Waals surface area contributed by atoms with Gasteiger partial charge in [-0.15, -0.1) is 0 Å². The summed E-state index contributed by atoms with van der Waals surface area (Å²) in [6, 6.07) is 6.00. The number of methoxy groups -OCH3 is 1. The van der Waals surface area contributed by atoms with Crippen LogP contribution < -0.4 is 4.74 Å². The maximum Gasteiger partial charge on any atom is 0.305 e. The van der Waals surface area contributed by atoms with Crippen LogP contribution in [0.2, 0.25) is 0 Å². The van der Waals surface area contributed by atoms with Gasteiger partial charge in [0.2, 0.25) is 0 Å². The number of rotatable bonds is 4. The number of allylic oxidation sites excluding steroid dienone is 2. The predicted octanol–water partition coefficient (Wildman–Crippen LogP) is 2.45. The minimum absolute atomic E-state index is 0.244. The molecule has 0 amide bonds. The van der Waals surface area contributed by atoms with Crippen LogP contribution in [0, 0.1) is 0 Å². The first-order valence-electron chi connectivity index (χ1n) is 7.90. The summed E-state index contributed by atoms with van der Waals surface area (Å²) in [5, 5.41) is 9.86. The smallest absolute Gasteiger partial charge is 0.305 e. The van der Waals surface area contributed by atoms with Gasteiger partial charge in [-0.1, -0.05) is 25.1 Å². The summed E-state index contributed by atoms with van der Waals surface area (Å²) in [7, 11) is -1.95. The molecule has 3 rings (SSSR count). The number of fused-ring (bicyclic) bond motifs is 3. The molecule has 2 aliphatic carbocycles. The van der Waals surface area contributed by atoms with Gasteiger partial charge in [0, 0.05) is 23.0 Å². The Labute approximate surface area is 142 Å². The maximum atomic E-state index is 11.5. The van der Waals surface area contributed by atoms with Crippen LogP contribution in [-0.4, -0.2) is 33.5 Å². The summed E-state index contributed by atoms with van der Waals surface area (Å²) >= 11 is 0. The Hall–Kier alpha value is -1.79. The van der Waals surface area contributed by atoms with Crippen molar-refractivity contribution in [3.8, 4) is 5.75 Å². The molecule has 0 aliphatic heterocycles. The van der Waals surface area contributed by atoms with Crippen molar-refractivity contribution >= 4 is 10.1 Å². The molecule has 0 saturated carbocycles. The van der Waals surface area contributed by atoms with Gasteiger partial charge in [-0.2, -0.15) is 8.42 Å². The van der Waals surface area contributed by atoms with Crippen LogP contribution in [0.3, 0.4) is 0 Å². The molecule has 1 aromatic carbocycles. The highest BCUT2D eigenvalue weighted by Gasteiger charge is 2.42. The summed E-state index contributed by atoms with van der Waals surface area (Å²) < 4.78 is 33.6. The Morgan fingerprint density at radius 2 is 2.08 bits per heavy atom. The fraction of sp³-hybridized carbons (Fsp3) is 0.444. The van der Waals surface area contributed by atoms with Crippen LogP contribution in [0.4, 0.5) is 0 Å². The molecule has 0 saturated heterocycles.